The lowest BCUT2D eigenvalue weighted by molar-refractivity contribution is 0.294. The van der Waals surface area contributed by atoms with Gasteiger partial charge in [-0.05, 0) is 49.3 Å². The Morgan fingerprint density at radius 1 is 1.00 bits per heavy atom. The molecule has 1 aromatic heterocycles. The van der Waals surface area contributed by atoms with E-state index in [1.165, 1.54) is 11.1 Å². The summed E-state index contributed by atoms with van der Waals surface area (Å²) in [5, 5.41) is 0. The van der Waals surface area contributed by atoms with Crippen molar-refractivity contribution >= 4 is 17.0 Å². The highest BCUT2D eigenvalue weighted by Crippen LogP contribution is 2.26. The van der Waals surface area contributed by atoms with E-state index in [4.69, 9.17) is 5.73 Å². The Morgan fingerprint density at radius 2 is 1.75 bits per heavy atom. The highest BCUT2D eigenvalue weighted by molar-refractivity contribution is 5.84. The molecule has 0 atom stereocenters. The minimum atomic E-state index is 0.606. The van der Waals surface area contributed by atoms with Crippen LogP contribution in [0.4, 0.5) is 5.95 Å². The maximum Gasteiger partial charge on any atom is 0.201 e. The second-order valence-electron chi connectivity index (χ2n) is 6.07. The van der Waals surface area contributed by atoms with Gasteiger partial charge in [-0.25, -0.2) is 4.98 Å². The molecule has 0 bridgehead atoms. The number of nitrogens with two attached hydrogens (primary N) is 1. The van der Waals surface area contributed by atoms with E-state index in [2.05, 4.69) is 70.8 Å². The van der Waals surface area contributed by atoms with E-state index in [9.17, 15) is 0 Å². The van der Waals surface area contributed by atoms with Crippen LogP contribution in [0.1, 0.15) is 20.3 Å². The Hall–Kier alpha value is -2.33. The summed E-state index contributed by atoms with van der Waals surface area (Å²) in [5.74, 6) is 0.606. The van der Waals surface area contributed by atoms with Gasteiger partial charge >= 0.3 is 0 Å². The van der Waals surface area contributed by atoms with Crippen LogP contribution in [0, 0.1) is 0 Å². The van der Waals surface area contributed by atoms with Gasteiger partial charge in [0.15, 0.2) is 0 Å². The zero-order valence-electron chi connectivity index (χ0n) is 14.6. The van der Waals surface area contributed by atoms with Gasteiger partial charge < -0.3 is 15.2 Å². The number of hydrogen-bond acceptors (Lipinski definition) is 3. The standard InChI is InChI=1S/C20H26N4/c1-3-23(4-2)13-8-14-24-19-15-17(16-9-6-5-7-10-16)11-12-18(19)22-20(24)21/h5-7,9-12,15H,3-4,8,13-14H2,1-2H3,(H2,21,22). The SMILES string of the molecule is CCN(CC)CCCn1c(N)nc2ccc(-c3ccccc3)cc21. The van der Waals surface area contributed by atoms with E-state index >= 15 is 0 Å². The Kier molecular flexibility index (Phi) is 5.16. The van der Waals surface area contributed by atoms with Crippen molar-refractivity contribution in [2.75, 3.05) is 25.4 Å². The lowest BCUT2D eigenvalue weighted by Crippen LogP contribution is -2.25. The number of aryl methyl sites for hydroxylation is 1. The molecule has 0 aliphatic heterocycles. The van der Waals surface area contributed by atoms with E-state index < -0.39 is 0 Å². The second-order valence-corrected chi connectivity index (χ2v) is 6.07. The molecule has 0 saturated heterocycles. The number of anilines is 1. The molecule has 126 valence electrons. The molecule has 2 N–H and O–H groups in total. The van der Waals surface area contributed by atoms with Crippen LogP contribution >= 0.6 is 0 Å². The van der Waals surface area contributed by atoms with Crippen molar-refractivity contribution in [2.24, 2.45) is 0 Å². The van der Waals surface area contributed by atoms with E-state index in [1.807, 2.05) is 6.07 Å². The average molecular weight is 322 g/mol. The molecular formula is C20H26N4. The molecule has 24 heavy (non-hydrogen) atoms. The molecule has 4 nitrogen and oxygen atoms in total. The number of hydrogen-bond donors (Lipinski definition) is 1. The van der Waals surface area contributed by atoms with Gasteiger partial charge in [-0.2, -0.15) is 0 Å². The third-order valence-electron chi connectivity index (χ3n) is 4.64. The Morgan fingerprint density at radius 3 is 2.46 bits per heavy atom. The summed E-state index contributed by atoms with van der Waals surface area (Å²) in [5.41, 5.74) is 10.7. The summed E-state index contributed by atoms with van der Waals surface area (Å²) in [7, 11) is 0. The summed E-state index contributed by atoms with van der Waals surface area (Å²) in [6, 6.07) is 16.8. The molecule has 0 aliphatic rings. The van der Waals surface area contributed by atoms with Gasteiger partial charge in [0.25, 0.3) is 0 Å². The quantitative estimate of drug-likeness (QED) is 0.715. The number of benzene rings is 2. The summed E-state index contributed by atoms with van der Waals surface area (Å²) in [4.78, 5) is 6.95. The van der Waals surface area contributed by atoms with Crippen LogP contribution in [-0.2, 0) is 6.54 Å². The van der Waals surface area contributed by atoms with Crippen LogP contribution in [0.5, 0.6) is 0 Å². The van der Waals surface area contributed by atoms with Crippen molar-refractivity contribution in [1.29, 1.82) is 0 Å². The highest BCUT2D eigenvalue weighted by Gasteiger charge is 2.10. The molecule has 2 aromatic carbocycles. The first-order valence-electron chi connectivity index (χ1n) is 8.76. The number of imidazole rings is 1. The van der Waals surface area contributed by atoms with Crippen LogP contribution in [0.3, 0.4) is 0 Å². The van der Waals surface area contributed by atoms with Crippen molar-refractivity contribution in [2.45, 2.75) is 26.8 Å². The number of fused-ring (bicyclic) bond motifs is 1. The normalized spacial score (nSPS) is 11.5. The molecule has 0 fully saturated rings. The van der Waals surface area contributed by atoms with Gasteiger partial charge in [0.1, 0.15) is 0 Å². The maximum atomic E-state index is 6.16. The van der Waals surface area contributed by atoms with Crippen LogP contribution in [0.25, 0.3) is 22.2 Å². The second kappa shape index (κ2) is 7.49. The van der Waals surface area contributed by atoms with Crippen molar-refractivity contribution < 1.29 is 0 Å². The Labute approximate surface area is 143 Å². The molecule has 4 heteroatoms. The number of nitrogens with zero attached hydrogens (tertiary/aromatic N) is 3. The van der Waals surface area contributed by atoms with Crippen LogP contribution in [-0.4, -0.2) is 34.1 Å². The lowest BCUT2D eigenvalue weighted by atomic mass is 10.1. The first kappa shape index (κ1) is 16.5. The monoisotopic (exact) mass is 322 g/mol. The van der Waals surface area contributed by atoms with Gasteiger partial charge in [0.2, 0.25) is 5.95 Å². The minimum absolute atomic E-state index is 0.606. The molecular weight excluding hydrogens is 296 g/mol. The maximum absolute atomic E-state index is 6.16. The average Bonchev–Trinajstić information content (AvgIpc) is 2.94. The topological polar surface area (TPSA) is 47.1 Å². The molecule has 0 unspecified atom stereocenters. The number of rotatable bonds is 7. The summed E-state index contributed by atoms with van der Waals surface area (Å²) < 4.78 is 2.14. The molecule has 3 rings (SSSR count). The van der Waals surface area contributed by atoms with E-state index in [-0.39, 0.29) is 0 Å². The third kappa shape index (κ3) is 3.44. The molecule has 0 amide bonds. The van der Waals surface area contributed by atoms with Crippen molar-refractivity contribution in [3.05, 3.63) is 48.5 Å². The molecule has 0 radical (unpaired) electrons. The summed E-state index contributed by atoms with van der Waals surface area (Å²) in [6.45, 7) is 8.58. The van der Waals surface area contributed by atoms with E-state index in [0.29, 0.717) is 5.95 Å². The predicted molar refractivity (Wildman–Crippen MR) is 102 cm³/mol. The van der Waals surface area contributed by atoms with Gasteiger partial charge in [-0.1, -0.05) is 50.2 Å². The predicted octanol–water partition coefficient (Wildman–Crippen LogP) is 4.02. The van der Waals surface area contributed by atoms with Crippen molar-refractivity contribution in [1.82, 2.24) is 14.5 Å². The lowest BCUT2D eigenvalue weighted by Gasteiger charge is -2.18. The highest BCUT2D eigenvalue weighted by atomic mass is 15.2. The van der Waals surface area contributed by atoms with Gasteiger partial charge in [-0.15, -0.1) is 0 Å². The summed E-state index contributed by atoms with van der Waals surface area (Å²) in [6.07, 6.45) is 1.08. The zero-order chi connectivity index (χ0) is 16.9. The Balaban J connectivity index is 1.86. The first-order valence-corrected chi connectivity index (χ1v) is 8.76. The fourth-order valence-corrected chi connectivity index (χ4v) is 3.18. The zero-order valence-corrected chi connectivity index (χ0v) is 14.6. The number of aromatic nitrogens is 2. The van der Waals surface area contributed by atoms with Gasteiger partial charge in [0.05, 0.1) is 11.0 Å². The van der Waals surface area contributed by atoms with Gasteiger partial charge in [-0.3, -0.25) is 0 Å². The van der Waals surface area contributed by atoms with E-state index in [0.717, 1.165) is 43.6 Å². The Bertz CT molecular complexity index is 788. The first-order chi connectivity index (χ1) is 11.7. The molecule has 0 saturated carbocycles. The van der Waals surface area contributed by atoms with Crippen LogP contribution < -0.4 is 5.73 Å². The van der Waals surface area contributed by atoms with E-state index in [1.54, 1.807) is 0 Å². The van der Waals surface area contributed by atoms with Crippen molar-refractivity contribution in [3.8, 4) is 11.1 Å². The molecule has 3 aromatic rings. The molecule has 1 heterocycles. The number of nitrogen functional groups attached to an aromatic ring is 1. The minimum Gasteiger partial charge on any atom is -0.369 e. The fraction of sp³-hybridized carbons (Fsp3) is 0.350. The van der Waals surface area contributed by atoms with Gasteiger partial charge in [0, 0.05) is 6.54 Å². The van der Waals surface area contributed by atoms with Crippen LogP contribution in [0.2, 0.25) is 0 Å². The molecule has 0 spiro atoms. The third-order valence-corrected chi connectivity index (χ3v) is 4.64. The largest absolute Gasteiger partial charge is 0.369 e. The fourth-order valence-electron chi connectivity index (χ4n) is 3.18. The molecule has 0 aliphatic carbocycles. The van der Waals surface area contributed by atoms with Crippen molar-refractivity contribution in [3.63, 3.8) is 0 Å². The summed E-state index contributed by atoms with van der Waals surface area (Å²) >= 11 is 0. The smallest absolute Gasteiger partial charge is 0.201 e. The van der Waals surface area contributed by atoms with Crippen LogP contribution in [0.15, 0.2) is 48.5 Å².